The van der Waals surface area contributed by atoms with Gasteiger partial charge in [-0.05, 0) is 58.7 Å². The zero-order valence-electron chi connectivity index (χ0n) is 24.3. The summed E-state index contributed by atoms with van der Waals surface area (Å²) in [5.74, 6) is 2.27. The molecule has 5 aromatic carbocycles. The minimum atomic E-state index is 0.667. The van der Waals surface area contributed by atoms with Crippen LogP contribution in [0, 0.1) is 0 Å². The maximum absolute atomic E-state index is 6.73. The third-order valence-corrected chi connectivity index (χ3v) is 8.04. The number of aromatic nitrogens is 3. The highest BCUT2D eigenvalue weighted by Crippen LogP contribution is 2.42. The van der Waals surface area contributed by atoms with E-state index >= 15 is 0 Å². The fraction of sp³-hybridized carbons (Fsp3) is 0. The minimum absolute atomic E-state index is 0.667. The fourth-order valence-corrected chi connectivity index (χ4v) is 5.81. The fourth-order valence-electron chi connectivity index (χ4n) is 5.81. The summed E-state index contributed by atoms with van der Waals surface area (Å²) >= 11 is 0. The molecule has 0 fully saturated rings. The molecule has 4 heteroatoms. The molecule has 0 radical (unpaired) electrons. The quantitative estimate of drug-likeness (QED) is 0.210. The molecule has 8 rings (SSSR count). The maximum atomic E-state index is 6.73. The summed E-state index contributed by atoms with van der Waals surface area (Å²) in [7, 11) is 0. The van der Waals surface area contributed by atoms with E-state index in [1.807, 2.05) is 79.0 Å². The SMILES string of the molecule is C1=C\c2ccc(-c3cc(-c4cccnc4)nc(-c4ccccc4)n3)cc2-c2ccccc2Oc2ccccc2-c2ccccc2/1. The van der Waals surface area contributed by atoms with Gasteiger partial charge in [0.1, 0.15) is 11.5 Å². The Labute approximate surface area is 262 Å². The lowest BCUT2D eigenvalue weighted by molar-refractivity contribution is 0.486. The van der Waals surface area contributed by atoms with E-state index in [-0.39, 0.29) is 0 Å². The smallest absolute Gasteiger partial charge is 0.160 e. The first-order chi connectivity index (χ1) is 22.3. The Morgan fingerprint density at radius 3 is 1.76 bits per heavy atom. The first-order valence-electron chi connectivity index (χ1n) is 14.9. The van der Waals surface area contributed by atoms with Crippen molar-refractivity contribution in [3.05, 3.63) is 163 Å². The molecule has 0 saturated carbocycles. The van der Waals surface area contributed by atoms with Crippen molar-refractivity contribution in [2.45, 2.75) is 0 Å². The standard InChI is InChI=1S/C41H27N3O/c1-2-12-30(13-3-1)41-43-37(26-38(44-41)32-14-10-24-42-27-32)31-23-22-29-21-20-28-11-4-5-15-33(28)34-16-6-8-18-39(34)45-40-19-9-7-17-35(40)36(29)25-31/h1-27H/b21-20-. The second-order valence-electron chi connectivity index (χ2n) is 10.9. The number of pyridine rings is 1. The maximum Gasteiger partial charge on any atom is 0.160 e. The van der Waals surface area contributed by atoms with Crippen LogP contribution >= 0.6 is 0 Å². The van der Waals surface area contributed by atoms with Crippen molar-refractivity contribution in [3.8, 4) is 67.7 Å². The first-order valence-corrected chi connectivity index (χ1v) is 14.9. The molecule has 4 nitrogen and oxygen atoms in total. The van der Waals surface area contributed by atoms with Gasteiger partial charge in [-0.25, -0.2) is 9.97 Å². The number of hydrogen-bond acceptors (Lipinski definition) is 4. The van der Waals surface area contributed by atoms with E-state index in [0.29, 0.717) is 5.82 Å². The molecule has 1 aliphatic heterocycles. The van der Waals surface area contributed by atoms with Crippen molar-refractivity contribution in [2.24, 2.45) is 0 Å². The van der Waals surface area contributed by atoms with Crippen LogP contribution in [0.15, 0.2) is 152 Å². The van der Waals surface area contributed by atoms with Crippen LogP contribution in [0.1, 0.15) is 11.1 Å². The molecule has 1 aliphatic rings. The Morgan fingerprint density at radius 1 is 0.422 bits per heavy atom. The van der Waals surface area contributed by atoms with Crippen molar-refractivity contribution < 1.29 is 4.74 Å². The molecule has 0 N–H and O–H groups in total. The van der Waals surface area contributed by atoms with Gasteiger partial charge in [0, 0.05) is 40.2 Å². The van der Waals surface area contributed by atoms with Crippen LogP contribution in [0.3, 0.4) is 0 Å². The molecule has 0 bridgehead atoms. The molecule has 3 heterocycles. The van der Waals surface area contributed by atoms with E-state index in [1.165, 1.54) is 0 Å². The van der Waals surface area contributed by atoms with E-state index in [4.69, 9.17) is 14.7 Å². The monoisotopic (exact) mass is 577 g/mol. The molecule has 0 amide bonds. The molecule has 45 heavy (non-hydrogen) atoms. The zero-order valence-corrected chi connectivity index (χ0v) is 24.3. The highest BCUT2D eigenvalue weighted by atomic mass is 16.5. The summed E-state index contributed by atoms with van der Waals surface area (Å²) in [6.07, 6.45) is 8.00. The Balaban J connectivity index is 1.34. The number of hydrogen-bond donors (Lipinski definition) is 0. The lowest BCUT2D eigenvalue weighted by Gasteiger charge is -2.16. The summed E-state index contributed by atoms with van der Waals surface area (Å²) in [4.78, 5) is 14.4. The van der Waals surface area contributed by atoms with Gasteiger partial charge in [0.05, 0.1) is 11.4 Å². The lowest BCUT2D eigenvalue weighted by Crippen LogP contribution is -1.97. The molecule has 0 aliphatic carbocycles. The molecule has 212 valence electrons. The van der Waals surface area contributed by atoms with Crippen LogP contribution in [-0.4, -0.2) is 15.0 Å². The lowest BCUT2D eigenvalue weighted by atomic mass is 9.94. The normalized spacial score (nSPS) is 12.4. The van der Waals surface area contributed by atoms with Crippen molar-refractivity contribution in [2.75, 3.05) is 0 Å². The predicted octanol–water partition coefficient (Wildman–Crippen LogP) is 10.5. The topological polar surface area (TPSA) is 47.9 Å². The number of benzene rings is 5. The highest BCUT2D eigenvalue weighted by Gasteiger charge is 2.18. The third kappa shape index (κ3) is 5.19. The van der Waals surface area contributed by atoms with Crippen LogP contribution in [0.4, 0.5) is 0 Å². The van der Waals surface area contributed by atoms with Gasteiger partial charge in [0.2, 0.25) is 0 Å². The Kier molecular flexibility index (Phi) is 6.78. The van der Waals surface area contributed by atoms with Crippen LogP contribution in [-0.2, 0) is 0 Å². The van der Waals surface area contributed by atoms with Gasteiger partial charge in [-0.3, -0.25) is 4.98 Å². The molecule has 0 saturated heterocycles. The molecule has 2 aromatic heterocycles. The summed E-state index contributed by atoms with van der Waals surface area (Å²) < 4.78 is 6.73. The van der Waals surface area contributed by atoms with Crippen LogP contribution in [0.5, 0.6) is 11.5 Å². The Morgan fingerprint density at radius 2 is 1.02 bits per heavy atom. The third-order valence-electron chi connectivity index (χ3n) is 8.04. The molecule has 7 aromatic rings. The number of rotatable bonds is 3. The van der Waals surface area contributed by atoms with E-state index in [1.54, 1.807) is 6.20 Å². The van der Waals surface area contributed by atoms with E-state index in [9.17, 15) is 0 Å². The van der Waals surface area contributed by atoms with E-state index in [0.717, 1.165) is 73.0 Å². The molecule has 0 unspecified atom stereocenters. The molecular weight excluding hydrogens is 550 g/mol. The van der Waals surface area contributed by atoms with E-state index in [2.05, 4.69) is 83.9 Å². The minimum Gasteiger partial charge on any atom is -0.456 e. The van der Waals surface area contributed by atoms with Crippen LogP contribution in [0.2, 0.25) is 0 Å². The van der Waals surface area contributed by atoms with Gasteiger partial charge in [-0.2, -0.15) is 0 Å². The molecule has 0 atom stereocenters. The number of para-hydroxylation sites is 2. The summed E-state index contributed by atoms with van der Waals surface area (Å²) in [5, 5.41) is 0. The van der Waals surface area contributed by atoms with Crippen molar-refractivity contribution in [3.63, 3.8) is 0 Å². The summed E-state index contributed by atoms with van der Waals surface area (Å²) in [6, 6.07) is 47.5. The number of fused-ring (bicyclic) bond motifs is 6. The van der Waals surface area contributed by atoms with Crippen LogP contribution < -0.4 is 4.74 Å². The molecule has 0 spiro atoms. The Bertz CT molecular complexity index is 2130. The van der Waals surface area contributed by atoms with Crippen molar-refractivity contribution in [1.82, 2.24) is 15.0 Å². The Hall–Kier alpha value is -6.13. The zero-order chi connectivity index (χ0) is 30.0. The van der Waals surface area contributed by atoms with Crippen molar-refractivity contribution >= 4 is 12.2 Å². The van der Waals surface area contributed by atoms with Gasteiger partial charge in [0.25, 0.3) is 0 Å². The average molecular weight is 578 g/mol. The first kappa shape index (κ1) is 26.5. The second kappa shape index (κ2) is 11.5. The highest BCUT2D eigenvalue weighted by molar-refractivity contribution is 5.90. The van der Waals surface area contributed by atoms with Gasteiger partial charge in [-0.1, -0.05) is 115 Å². The van der Waals surface area contributed by atoms with Crippen molar-refractivity contribution in [1.29, 1.82) is 0 Å². The predicted molar refractivity (Wildman–Crippen MR) is 182 cm³/mol. The number of ether oxygens (including phenoxy) is 1. The summed E-state index contributed by atoms with van der Waals surface area (Å²) in [6.45, 7) is 0. The average Bonchev–Trinajstić information content (AvgIpc) is 3.14. The van der Waals surface area contributed by atoms with Crippen LogP contribution in [0.25, 0.3) is 68.3 Å². The van der Waals surface area contributed by atoms with Gasteiger partial charge in [0.15, 0.2) is 5.82 Å². The van der Waals surface area contributed by atoms with Gasteiger partial charge < -0.3 is 4.74 Å². The molecular formula is C41H27N3O. The second-order valence-corrected chi connectivity index (χ2v) is 10.9. The summed E-state index contributed by atoms with van der Waals surface area (Å²) in [5.41, 5.74) is 11.0. The van der Waals surface area contributed by atoms with E-state index < -0.39 is 0 Å². The van der Waals surface area contributed by atoms with Gasteiger partial charge >= 0.3 is 0 Å². The number of nitrogens with zero attached hydrogens (tertiary/aromatic N) is 3. The van der Waals surface area contributed by atoms with Gasteiger partial charge in [-0.15, -0.1) is 0 Å². The largest absolute Gasteiger partial charge is 0.456 e.